The van der Waals surface area contributed by atoms with Crippen molar-refractivity contribution in [3.8, 4) is 0 Å². The highest BCUT2D eigenvalue weighted by molar-refractivity contribution is 7.22. The Labute approximate surface area is 213 Å². The first-order chi connectivity index (χ1) is 17.3. The molecule has 1 unspecified atom stereocenters. The number of halogens is 1. The summed E-state index contributed by atoms with van der Waals surface area (Å²) in [7, 11) is 0. The van der Waals surface area contributed by atoms with Gasteiger partial charge in [0.1, 0.15) is 11.8 Å². The van der Waals surface area contributed by atoms with Crippen LogP contribution < -0.4 is 10.6 Å². The number of likely N-dealkylation sites (tertiary alicyclic amines) is 1. The molecule has 3 atom stereocenters. The highest BCUT2D eigenvalue weighted by atomic mass is 32.1. The van der Waals surface area contributed by atoms with Gasteiger partial charge in [-0.05, 0) is 56.7 Å². The van der Waals surface area contributed by atoms with E-state index in [1.165, 1.54) is 11.3 Å². The molecule has 0 spiro atoms. The molecule has 8 nitrogen and oxygen atoms in total. The van der Waals surface area contributed by atoms with Crippen molar-refractivity contribution >= 4 is 44.4 Å². The van der Waals surface area contributed by atoms with Gasteiger partial charge in [0.25, 0.3) is 0 Å². The lowest BCUT2D eigenvalue weighted by Gasteiger charge is -2.51. The number of carbonyl (C=O) groups is 1. The van der Waals surface area contributed by atoms with Crippen LogP contribution in [0.15, 0.2) is 29.4 Å². The third-order valence-electron chi connectivity index (χ3n) is 7.73. The van der Waals surface area contributed by atoms with Crippen LogP contribution in [-0.4, -0.2) is 76.9 Å². The Bertz CT molecular complexity index is 1200. The van der Waals surface area contributed by atoms with E-state index in [9.17, 15) is 14.3 Å². The SMILES string of the molecule is CC1(F)CN(C2CC(C(=O)Nc3nc4ccc(C5=CNC(CO[C@H]6CCC[C@@H]6O)N=C5)cc4s3)C2)C1. The van der Waals surface area contributed by atoms with Crippen LogP contribution >= 0.6 is 11.3 Å². The maximum atomic E-state index is 13.7. The summed E-state index contributed by atoms with van der Waals surface area (Å²) in [5.74, 6) is -0.0358. The number of hydrogen-bond donors (Lipinski definition) is 3. The smallest absolute Gasteiger partial charge is 0.229 e. The molecular formula is C26H32FN5O3S. The van der Waals surface area contributed by atoms with E-state index in [2.05, 4.69) is 31.6 Å². The van der Waals surface area contributed by atoms with Crippen LogP contribution in [0.3, 0.4) is 0 Å². The molecule has 0 radical (unpaired) electrons. The third-order valence-corrected chi connectivity index (χ3v) is 8.66. The Kier molecular flexibility index (Phi) is 6.31. The maximum absolute atomic E-state index is 13.7. The lowest BCUT2D eigenvalue weighted by Crippen LogP contribution is -2.64. The van der Waals surface area contributed by atoms with E-state index in [1.807, 2.05) is 24.5 Å². The summed E-state index contributed by atoms with van der Waals surface area (Å²) in [5, 5.41) is 16.8. The van der Waals surface area contributed by atoms with Gasteiger partial charge in [0.2, 0.25) is 5.91 Å². The van der Waals surface area contributed by atoms with E-state index >= 15 is 0 Å². The zero-order valence-corrected chi connectivity index (χ0v) is 21.1. The van der Waals surface area contributed by atoms with Crippen molar-refractivity contribution in [3.05, 3.63) is 30.0 Å². The molecule has 6 rings (SSSR count). The summed E-state index contributed by atoms with van der Waals surface area (Å²) in [6.07, 6.45) is 7.44. The molecule has 2 aromatic rings. The average molecular weight is 514 g/mol. The van der Waals surface area contributed by atoms with Gasteiger partial charge < -0.3 is 20.5 Å². The molecule has 2 saturated carbocycles. The lowest BCUT2D eigenvalue weighted by atomic mass is 9.76. The number of alkyl halides is 1. The maximum Gasteiger partial charge on any atom is 0.229 e. The number of fused-ring (bicyclic) bond motifs is 1. The zero-order chi connectivity index (χ0) is 24.9. The van der Waals surface area contributed by atoms with E-state index < -0.39 is 5.67 Å². The third kappa shape index (κ3) is 4.91. The van der Waals surface area contributed by atoms with Gasteiger partial charge in [-0.15, -0.1) is 0 Å². The minimum absolute atomic E-state index is 0.00114. The molecule has 2 aliphatic carbocycles. The molecule has 4 aliphatic rings. The van der Waals surface area contributed by atoms with Gasteiger partial charge in [-0.1, -0.05) is 17.4 Å². The number of aliphatic hydroxyl groups excluding tert-OH is 1. The van der Waals surface area contributed by atoms with Crippen LogP contribution in [0.5, 0.6) is 0 Å². The van der Waals surface area contributed by atoms with Gasteiger partial charge >= 0.3 is 0 Å². The molecule has 1 saturated heterocycles. The first kappa shape index (κ1) is 24.0. The highest BCUT2D eigenvalue weighted by Gasteiger charge is 2.47. The van der Waals surface area contributed by atoms with Gasteiger partial charge in [-0.2, -0.15) is 0 Å². The van der Waals surface area contributed by atoms with Crippen molar-refractivity contribution in [1.82, 2.24) is 15.2 Å². The molecule has 2 aliphatic heterocycles. The van der Waals surface area contributed by atoms with E-state index in [1.54, 1.807) is 6.92 Å². The number of carbonyl (C=O) groups excluding carboxylic acids is 1. The molecule has 3 fully saturated rings. The number of amides is 1. The van der Waals surface area contributed by atoms with Crippen molar-refractivity contribution in [1.29, 1.82) is 0 Å². The van der Waals surface area contributed by atoms with Crippen molar-refractivity contribution in [2.45, 2.75) is 69.1 Å². The van der Waals surface area contributed by atoms with Gasteiger partial charge in [0.15, 0.2) is 5.13 Å². The number of aliphatic imine (C=N–C) groups is 1. The van der Waals surface area contributed by atoms with E-state index in [0.717, 1.165) is 53.5 Å². The summed E-state index contributed by atoms with van der Waals surface area (Å²) >= 11 is 1.46. The summed E-state index contributed by atoms with van der Waals surface area (Å²) in [6, 6.07) is 6.34. The second-order valence-electron chi connectivity index (χ2n) is 10.8. The largest absolute Gasteiger partial charge is 0.390 e. The number of benzene rings is 1. The monoisotopic (exact) mass is 513 g/mol. The van der Waals surface area contributed by atoms with Gasteiger partial charge in [0, 0.05) is 43.0 Å². The fourth-order valence-electron chi connectivity index (χ4n) is 5.53. The molecule has 192 valence electrons. The number of aliphatic hydroxyl groups is 1. The van der Waals surface area contributed by atoms with Crippen LogP contribution in [0.2, 0.25) is 0 Å². The number of anilines is 1. The van der Waals surface area contributed by atoms with Crippen molar-refractivity contribution in [2.24, 2.45) is 10.9 Å². The minimum Gasteiger partial charge on any atom is -0.390 e. The summed E-state index contributed by atoms with van der Waals surface area (Å²) in [4.78, 5) is 24.0. The number of nitrogens with zero attached hydrogens (tertiary/aromatic N) is 3. The van der Waals surface area contributed by atoms with Crippen LogP contribution in [0.1, 0.15) is 44.6 Å². The number of ether oxygens (including phenoxy) is 1. The molecule has 1 aromatic carbocycles. The van der Waals surface area contributed by atoms with Crippen molar-refractivity contribution < 1.29 is 19.0 Å². The Hall–Kier alpha value is -2.40. The number of rotatable bonds is 7. The molecule has 1 aromatic heterocycles. The van der Waals surface area contributed by atoms with Gasteiger partial charge in [-0.3, -0.25) is 14.7 Å². The quantitative estimate of drug-likeness (QED) is 0.525. The van der Waals surface area contributed by atoms with E-state index in [4.69, 9.17) is 4.74 Å². The van der Waals surface area contributed by atoms with Crippen molar-refractivity contribution in [3.63, 3.8) is 0 Å². The molecule has 3 N–H and O–H groups in total. The molecule has 0 bridgehead atoms. The Morgan fingerprint density at radius 3 is 2.89 bits per heavy atom. The number of thiazole rings is 1. The van der Waals surface area contributed by atoms with E-state index in [-0.39, 0.29) is 30.2 Å². The predicted octanol–water partition coefficient (Wildman–Crippen LogP) is 3.33. The van der Waals surface area contributed by atoms with Crippen LogP contribution in [0.25, 0.3) is 15.8 Å². The fourth-order valence-corrected chi connectivity index (χ4v) is 6.43. The van der Waals surface area contributed by atoms with Crippen molar-refractivity contribution in [2.75, 3.05) is 25.0 Å². The zero-order valence-electron chi connectivity index (χ0n) is 20.3. The standard InChI is InChI=1S/C26H32FN5O3S/c1-26(27)13-32(14-26)18-7-16(8-18)24(34)31-25-30-19-6-5-15(9-22(19)36-25)17-10-28-23(29-11-17)12-35-21-4-2-3-20(21)33/h5-6,9-11,16,18,20-21,23,28,33H,2-4,7-8,12-14H2,1H3,(H,30,31,34)/t16?,18?,20-,21-,23?/m0/s1. The van der Waals surface area contributed by atoms with Gasteiger partial charge in [-0.25, -0.2) is 9.37 Å². The fraction of sp³-hybridized carbons (Fsp3) is 0.577. The molecule has 36 heavy (non-hydrogen) atoms. The number of nitrogens with one attached hydrogen (secondary N) is 2. The normalized spacial score (nSPS) is 31.4. The number of hydrogen-bond acceptors (Lipinski definition) is 8. The second-order valence-corrected chi connectivity index (χ2v) is 11.8. The highest BCUT2D eigenvalue weighted by Crippen LogP contribution is 2.39. The summed E-state index contributed by atoms with van der Waals surface area (Å²) in [5.41, 5.74) is 1.75. The first-order valence-corrected chi connectivity index (χ1v) is 13.6. The Morgan fingerprint density at radius 1 is 1.36 bits per heavy atom. The summed E-state index contributed by atoms with van der Waals surface area (Å²) in [6.45, 7) is 3.01. The van der Waals surface area contributed by atoms with Crippen LogP contribution in [0.4, 0.5) is 9.52 Å². The summed E-state index contributed by atoms with van der Waals surface area (Å²) < 4.78 is 20.6. The molecular weight excluding hydrogens is 481 g/mol. The molecule has 3 heterocycles. The Morgan fingerprint density at radius 2 is 2.19 bits per heavy atom. The molecule has 1 amide bonds. The van der Waals surface area contributed by atoms with Crippen LogP contribution in [-0.2, 0) is 9.53 Å². The number of aromatic nitrogens is 1. The first-order valence-electron chi connectivity index (χ1n) is 12.8. The predicted molar refractivity (Wildman–Crippen MR) is 139 cm³/mol. The number of allylic oxidation sites excluding steroid dienone is 1. The van der Waals surface area contributed by atoms with Crippen LogP contribution in [0, 0.1) is 5.92 Å². The average Bonchev–Trinajstić information content (AvgIpc) is 3.40. The second kappa shape index (κ2) is 9.48. The topological polar surface area (TPSA) is 99.1 Å². The lowest BCUT2D eigenvalue weighted by molar-refractivity contribution is -0.128. The minimum atomic E-state index is -1.07. The van der Waals surface area contributed by atoms with Gasteiger partial charge in [0.05, 0.1) is 29.0 Å². The Balaban J connectivity index is 1.02. The molecule has 10 heteroatoms. The van der Waals surface area contributed by atoms with E-state index in [0.29, 0.717) is 30.9 Å².